The Morgan fingerprint density at radius 1 is 0.979 bits per heavy atom. The van der Waals surface area contributed by atoms with Gasteiger partial charge in [-0.2, -0.15) is 0 Å². The number of piperidine rings is 1. The van der Waals surface area contributed by atoms with Gasteiger partial charge in [0.25, 0.3) is 11.8 Å². The lowest BCUT2D eigenvalue weighted by atomic mass is 9.90. The average Bonchev–Trinajstić information content (AvgIpc) is 3.72. The number of carbonyl (C=O) groups is 3. The lowest BCUT2D eigenvalue weighted by Gasteiger charge is -2.33. The van der Waals surface area contributed by atoms with Crippen molar-refractivity contribution in [2.45, 2.75) is 50.2 Å². The number of benzene rings is 4. The number of hydrogen-bond donors (Lipinski definition) is 2. The van der Waals surface area contributed by atoms with Crippen LogP contribution >= 0.6 is 0 Å². The molecule has 0 aromatic heterocycles. The molecule has 3 atom stereocenters. The zero-order valence-corrected chi connectivity index (χ0v) is 26.4. The summed E-state index contributed by atoms with van der Waals surface area (Å²) in [7, 11) is 0. The maximum absolute atomic E-state index is 14.0. The number of phenols is 1. The number of nitrogens with one attached hydrogen (secondary N) is 1. The third-order valence-corrected chi connectivity index (χ3v) is 8.99. The van der Waals surface area contributed by atoms with Crippen LogP contribution in [0.2, 0.25) is 0 Å². The number of aromatic hydroxyl groups is 1. The number of hydrogen-bond acceptors (Lipinski definition) is 5. The highest BCUT2D eigenvalue weighted by Crippen LogP contribution is 2.38. The summed E-state index contributed by atoms with van der Waals surface area (Å²) in [4.78, 5) is 41.2. The topological polar surface area (TPSA) is 95.9 Å². The van der Waals surface area contributed by atoms with Crippen LogP contribution in [0.25, 0.3) is 17.2 Å². The number of ketones is 1. The highest BCUT2D eigenvalue weighted by atomic mass is 19.1. The van der Waals surface area contributed by atoms with Crippen LogP contribution in [0, 0.1) is 5.82 Å². The summed E-state index contributed by atoms with van der Waals surface area (Å²) < 4.78 is 20.2. The first kappa shape index (κ1) is 31.7. The Kier molecular flexibility index (Phi) is 8.69. The van der Waals surface area contributed by atoms with E-state index in [1.807, 2.05) is 41.3 Å². The number of likely N-dealkylation sites (tertiary alicyclic amines) is 1. The fourth-order valence-electron chi connectivity index (χ4n) is 6.25. The molecule has 3 unspecified atom stereocenters. The fourth-order valence-corrected chi connectivity index (χ4v) is 6.25. The molecule has 8 heteroatoms. The molecule has 1 saturated heterocycles. The van der Waals surface area contributed by atoms with Crippen molar-refractivity contribution in [3.8, 4) is 22.6 Å². The summed E-state index contributed by atoms with van der Waals surface area (Å²) in [6.45, 7) is 8.19. The van der Waals surface area contributed by atoms with Gasteiger partial charge in [-0.05, 0) is 97.5 Å². The Balaban J connectivity index is 1.10. The van der Waals surface area contributed by atoms with Gasteiger partial charge in [-0.1, -0.05) is 55.1 Å². The molecule has 0 bridgehead atoms. The Bertz CT molecular complexity index is 1850. The van der Waals surface area contributed by atoms with Gasteiger partial charge >= 0.3 is 0 Å². The molecule has 2 N–H and O–H groups in total. The molecule has 2 fully saturated rings. The number of rotatable bonds is 9. The van der Waals surface area contributed by atoms with Crippen LogP contribution in [0.3, 0.4) is 0 Å². The number of amides is 2. The van der Waals surface area contributed by atoms with E-state index in [9.17, 15) is 23.9 Å². The van der Waals surface area contributed by atoms with Crippen molar-refractivity contribution in [2.75, 3.05) is 13.1 Å². The highest BCUT2D eigenvalue weighted by molar-refractivity contribution is 6.10. The smallest absolute Gasteiger partial charge is 0.264 e. The highest BCUT2D eigenvalue weighted by Gasteiger charge is 2.52. The zero-order valence-electron chi connectivity index (χ0n) is 26.4. The van der Waals surface area contributed by atoms with Crippen molar-refractivity contribution in [1.29, 1.82) is 0 Å². The van der Waals surface area contributed by atoms with E-state index in [0.29, 0.717) is 30.0 Å². The summed E-state index contributed by atoms with van der Waals surface area (Å²) >= 11 is 0. The molecule has 4 aromatic rings. The maximum Gasteiger partial charge on any atom is 0.264 e. The number of Topliss-reactive ketones (excluding diaryl/α,β-unsaturated/α-hetero) is 1. The predicted octanol–water partition coefficient (Wildman–Crippen LogP) is 6.87. The molecule has 6 rings (SSSR count). The second-order valence-electron chi connectivity index (χ2n) is 12.7. The Morgan fingerprint density at radius 3 is 2.49 bits per heavy atom. The van der Waals surface area contributed by atoms with Crippen LogP contribution < -0.4 is 10.1 Å². The quantitative estimate of drug-likeness (QED) is 0.210. The zero-order chi connectivity index (χ0) is 33.3. The summed E-state index contributed by atoms with van der Waals surface area (Å²) in [6, 6.07) is 25.6. The largest absolute Gasteiger partial charge is 0.508 e. The first-order valence-corrected chi connectivity index (χ1v) is 15.8. The summed E-state index contributed by atoms with van der Waals surface area (Å²) in [5, 5.41) is 12.4. The van der Waals surface area contributed by atoms with Gasteiger partial charge in [-0.25, -0.2) is 4.39 Å². The van der Waals surface area contributed by atoms with Crippen LogP contribution in [0.1, 0.15) is 65.6 Å². The van der Waals surface area contributed by atoms with E-state index >= 15 is 0 Å². The van der Waals surface area contributed by atoms with E-state index < -0.39 is 23.5 Å². The number of phenolic OH excluding ortho intramolecular Hbond substituents is 1. The van der Waals surface area contributed by atoms with Crippen molar-refractivity contribution in [1.82, 2.24) is 10.2 Å². The lowest BCUT2D eigenvalue weighted by molar-refractivity contribution is -0.134. The molecule has 1 aliphatic heterocycles. The molecule has 1 heterocycles. The Hall–Kier alpha value is -5.24. The van der Waals surface area contributed by atoms with Gasteiger partial charge in [0, 0.05) is 30.1 Å². The second kappa shape index (κ2) is 12.9. The van der Waals surface area contributed by atoms with Gasteiger partial charge in [0.1, 0.15) is 23.4 Å². The van der Waals surface area contributed by atoms with Gasteiger partial charge in [-0.3, -0.25) is 14.4 Å². The third-order valence-electron chi connectivity index (χ3n) is 8.99. The van der Waals surface area contributed by atoms with Crippen molar-refractivity contribution in [3.05, 3.63) is 126 Å². The van der Waals surface area contributed by atoms with Crippen LogP contribution in [-0.4, -0.2) is 52.3 Å². The minimum Gasteiger partial charge on any atom is -0.508 e. The molecular formula is C39H37FN2O5. The minimum absolute atomic E-state index is 0.0620. The van der Waals surface area contributed by atoms with Crippen LogP contribution in [-0.2, 0) is 9.59 Å². The van der Waals surface area contributed by atoms with Gasteiger partial charge in [-0.15, -0.1) is 0 Å². The van der Waals surface area contributed by atoms with Gasteiger partial charge in [0.2, 0.25) is 0 Å². The normalized spacial score (nSPS) is 19.2. The molecule has 47 heavy (non-hydrogen) atoms. The van der Waals surface area contributed by atoms with Crippen molar-refractivity contribution in [3.63, 3.8) is 0 Å². The first-order valence-electron chi connectivity index (χ1n) is 15.8. The van der Waals surface area contributed by atoms with E-state index in [1.165, 1.54) is 24.3 Å². The lowest BCUT2D eigenvalue weighted by Crippen LogP contribution is -2.48. The average molecular weight is 633 g/mol. The number of nitrogens with zero attached hydrogens (tertiary/aromatic N) is 1. The summed E-state index contributed by atoms with van der Waals surface area (Å²) in [6.07, 6.45) is 3.22. The maximum atomic E-state index is 14.0. The first-order chi connectivity index (χ1) is 22.5. The third kappa shape index (κ3) is 6.82. The van der Waals surface area contributed by atoms with Gasteiger partial charge in [0.05, 0.1) is 5.92 Å². The van der Waals surface area contributed by atoms with E-state index in [4.69, 9.17) is 4.74 Å². The van der Waals surface area contributed by atoms with Gasteiger partial charge < -0.3 is 20.1 Å². The van der Waals surface area contributed by atoms with E-state index in [2.05, 4.69) is 11.9 Å². The monoisotopic (exact) mass is 632 g/mol. The SMILES string of the molecule is C=Cc1cc(-c2cccc(C(=O)N3CCCC(c4cccc(OC(C)(C)C(=O)NC5C(=O)C5c5ccc(O)cc5)c4)C3)c2)ccc1F. The summed E-state index contributed by atoms with van der Waals surface area (Å²) in [5.41, 5.74) is 3.11. The molecule has 1 saturated carbocycles. The molecule has 0 spiro atoms. The number of halogens is 1. The molecule has 2 amide bonds. The molecular weight excluding hydrogens is 595 g/mol. The van der Waals surface area contributed by atoms with E-state index in [0.717, 1.165) is 35.1 Å². The van der Waals surface area contributed by atoms with Crippen LogP contribution in [0.5, 0.6) is 11.5 Å². The van der Waals surface area contributed by atoms with E-state index in [1.54, 1.807) is 50.2 Å². The minimum atomic E-state index is -1.25. The molecule has 7 nitrogen and oxygen atoms in total. The predicted molar refractivity (Wildman–Crippen MR) is 179 cm³/mol. The Labute approximate surface area is 273 Å². The second-order valence-corrected chi connectivity index (χ2v) is 12.7. The van der Waals surface area contributed by atoms with Crippen LogP contribution in [0.4, 0.5) is 4.39 Å². The molecule has 4 aromatic carbocycles. The number of carbonyl (C=O) groups excluding carboxylic acids is 3. The van der Waals surface area contributed by atoms with Gasteiger partial charge in [0.15, 0.2) is 11.4 Å². The van der Waals surface area contributed by atoms with Crippen molar-refractivity contribution >= 4 is 23.7 Å². The van der Waals surface area contributed by atoms with E-state index in [-0.39, 0.29) is 29.2 Å². The van der Waals surface area contributed by atoms with Crippen molar-refractivity contribution < 1.29 is 28.6 Å². The summed E-state index contributed by atoms with van der Waals surface area (Å²) in [5.74, 6) is -0.607. The fraction of sp³-hybridized carbons (Fsp3) is 0.256. The van der Waals surface area contributed by atoms with Crippen molar-refractivity contribution in [2.24, 2.45) is 0 Å². The molecule has 240 valence electrons. The standard InChI is InChI=1S/C39H37FN2O5/c1-4-24-20-28(15-18-33(24)40)26-8-5-10-29(21-26)37(45)42-19-7-11-30(23-42)27-9-6-12-32(22-27)47-39(2,3)38(46)41-35-34(36(35)44)25-13-16-31(43)17-14-25/h4-6,8-10,12-18,20-22,30,34-35,43H,1,7,11,19,23H2,2-3H3,(H,41,46). The van der Waals surface area contributed by atoms with Crippen LogP contribution in [0.15, 0.2) is 97.6 Å². The molecule has 0 radical (unpaired) electrons. The number of ether oxygens (including phenoxy) is 1. The molecule has 2 aliphatic rings. The molecule has 1 aliphatic carbocycles. The Morgan fingerprint density at radius 2 is 1.72 bits per heavy atom.